The fourth-order valence-corrected chi connectivity index (χ4v) is 5.90. The molecule has 1 fully saturated rings. The van der Waals surface area contributed by atoms with Crippen molar-refractivity contribution in [1.82, 2.24) is 4.90 Å². The molecule has 0 aromatic heterocycles. The van der Waals surface area contributed by atoms with Crippen molar-refractivity contribution in [2.45, 2.75) is 18.7 Å². The molecule has 5 rings (SSSR count). The lowest BCUT2D eigenvalue weighted by Gasteiger charge is -2.37. The highest BCUT2D eigenvalue weighted by Crippen LogP contribution is 2.42. The average Bonchev–Trinajstić information content (AvgIpc) is 2.92. The number of hydrogen-bond donors (Lipinski definition) is 0. The molecule has 0 radical (unpaired) electrons. The molecule has 0 spiro atoms. The monoisotopic (exact) mass is 513 g/mol. The highest BCUT2D eigenvalue weighted by molar-refractivity contribution is 8.04. The van der Waals surface area contributed by atoms with Gasteiger partial charge in [-0.25, -0.2) is 0 Å². The highest BCUT2D eigenvalue weighted by Gasteiger charge is 2.29. The number of methoxy groups -OCH3 is 1. The summed E-state index contributed by atoms with van der Waals surface area (Å²) in [7, 11) is 3.39. The summed E-state index contributed by atoms with van der Waals surface area (Å²) in [6, 6.07) is 19.8. The molecule has 190 valence electrons. The number of aryl methyl sites for hydroxylation is 2. The molecule has 0 saturated carbocycles. The molecule has 0 unspecified atom stereocenters. The molecule has 2 amide bonds. The first-order chi connectivity index (χ1) is 17.8. The average molecular weight is 514 g/mol. The van der Waals surface area contributed by atoms with Crippen molar-refractivity contribution < 1.29 is 14.3 Å². The number of hydrogen-bond acceptors (Lipinski definition) is 5. The van der Waals surface area contributed by atoms with Crippen LogP contribution in [0.5, 0.6) is 5.75 Å². The third-order valence-corrected chi connectivity index (χ3v) is 8.04. The van der Waals surface area contributed by atoms with E-state index in [2.05, 4.69) is 36.9 Å². The number of anilines is 2. The minimum absolute atomic E-state index is 0.00647. The largest absolute Gasteiger partial charge is 0.497 e. The molecule has 2 aliphatic heterocycles. The van der Waals surface area contributed by atoms with Crippen molar-refractivity contribution in [2.75, 3.05) is 50.1 Å². The van der Waals surface area contributed by atoms with Crippen LogP contribution in [0.1, 0.15) is 27.0 Å². The van der Waals surface area contributed by atoms with Crippen LogP contribution in [0.4, 0.5) is 11.4 Å². The molecule has 0 N–H and O–H groups in total. The first-order valence-electron chi connectivity index (χ1n) is 12.4. The van der Waals surface area contributed by atoms with Crippen LogP contribution in [0.15, 0.2) is 70.5 Å². The zero-order chi connectivity index (χ0) is 26.1. The summed E-state index contributed by atoms with van der Waals surface area (Å²) in [5.41, 5.74) is 6.02. The Hall–Kier alpha value is -3.71. The summed E-state index contributed by atoms with van der Waals surface area (Å²) < 4.78 is 5.30. The van der Waals surface area contributed by atoms with E-state index in [0.717, 1.165) is 35.0 Å². The lowest BCUT2D eigenvalue weighted by atomic mass is 10.1. The van der Waals surface area contributed by atoms with E-state index < -0.39 is 0 Å². The Morgan fingerprint density at radius 1 is 0.946 bits per heavy atom. The summed E-state index contributed by atoms with van der Waals surface area (Å²) in [6.45, 7) is 7.17. The smallest absolute Gasteiger partial charge is 0.264 e. The van der Waals surface area contributed by atoms with Gasteiger partial charge in [0.25, 0.3) is 11.8 Å². The van der Waals surface area contributed by atoms with Gasteiger partial charge < -0.3 is 19.4 Å². The van der Waals surface area contributed by atoms with Crippen LogP contribution < -0.4 is 14.5 Å². The van der Waals surface area contributed by atoms with Gasteiger partial charge in [0.05, 0.1) is 17.7 Å². The van der Waals surface area contributed by atoms with Crippen LogP contribution in [-0.2, 0) is 4.79 Å². The van der Waals surface area contributed by atoms with E-state index in [1.165, 1.54) is 28.6 Å². The molecule has 7 heteroatoms. The van der Waals surface area contributed by atoms with Gasteiger partial charge >= 0.3 is 0 Å². The summed E-state index contributed by atoms with van der Waals surface area (Å²) in [4.78, 5) is 34.0. The van der Waals surface area contributed by atoms with Gasteiger partial charge in [0.15, 0.2) is 0 Å². The van der Waals surface area contributed by atoms with Crippen LogP contribution in [0, 0.1) is 13.8 Å². The number of thioether (sulfide) groups is 1. The Labute approximate surface area is 222 Å². The Morgan fingerprint density at radius 2 is 1.73 bits per heavy atom. The van der Waals surface area contributed by atoms with E-state index in [4.69, 9.17) is 4.74 Å². The number of piperazine rings is 1. The lowest BCUT2D eigenvalue weighted by Crippen LogP contribution is -2.49. The van der Waals surface area contributed by atoms with Crippen LogP contribution >= 0.6 is 11.8 Å². The molecule has 2 heterocycles. The van der Waals surface area contributed by atoms with Crippen LogP contribution in [0.2, 0.25) is 0 Å². The van der Waals surface area contributed by atoms with E-state index in [9.17, 15) is 9.59 Å². The summed E-state index contributed by atoms with van der Waals surface area (Å²) in [5, 5.41) is 0. The zero-order valence-electron chi connectivity index (χ0n) is 21.7. The molecular formula is C30H31N3O3S. The number of carbonyl (C=O) groups is 2. The number of ether oxygens (including phenoxy) is 1. The molecule has 3 aromatic rings. The Morgan fingerprint density at radius 3 is 2.49 bits per heavy atom. The standard InChI is InChI=1S/C30H31N3O3S/c1-20-8-9-21(2)25(16-20)32-12-14-33(15-13-32)29(34)23-10-11-27-26(19-23)31(3)30(35)28(37-27)18-22-6-5-7-24(17-22)36-4/h5-11,16-19H,12-15H2,1-4H3/b28-18-. The Kier molecular flexibility index (Phi) is 6.98. The predicted octanol–water partition coefficient (Wildman–Crippen LogP) is 5.38. The van der Waals surface area contributed by atoms with Gasteiger partial charge in [0, 0.05) is 49.4 Å². The second kappa shape index (κ2) is 10.3. The van der Waals surface area contributed by atoms with Crippen molar-refractivity contribution in [3.63, 3.8) is 0 Å². The maximum absolute atomic E-state index is 13.4. The molecule has 0 aliphatic carbocycles. The van der Waals surface area contributed by atoms with Gasteiger partial charge in [-0.2, -0.15) is 0 Å². The number of rotatable bonds is 4. The van der Waals surface area contributed by atoms with Crippen molar-refractivity contribution in [3.05, 3.63) is 87.8 Å². The van der Waals surface area contributed by atoms with Gasteiger partial charge in [-0.15, -0.1) is 0 Å². The second-order valence-electron chi connectivity index (χ2n) is 9.50. The summed E-state index contributed by atoms with van der Waals surface area (Å²) >= 11 is 1.43. The number of nitrogens with zero attached hydrogens (tertiary/aromatic N) is 3. The highest BCUT2D eigenvalue weighted by atomic mass is 32.2. The van der Waals surface area contributed by atoms with E-state index in [-0.39, 0.29) is 11.8 Å². The predicted molar refractivity (Wildman–Crippen MR) is 151 cm³/mol. The molecular weight excluding hydrogens is 482 g/mol. The first-order valence-corrected chi connectivity index (χ1v) is 13.2. The normalized spacial score (nSPS) is 16.7. The van der Waals surface area contributed by atoms with Crippen molar-refractivity contribution in [3.8, 4) is 5.75 Å². The molecule has 3 aromatic carbocycles. The van der Waals surface area contributed by atoms with Crippen molar-refractivity contribution in [2.24, 2.45) is 0 Å². The topological polar surface area (TPSA) is 53.1 Å². The maximum Gasteiger partial charge on any atom is 0.264 e. The van der Waals surface area contributed by atoms with Crippen molar-refractivity contribution >= 4 is 41.0 Å². The van der Waals surface area contributed by atoms with Crippen molar-refractivity contribution in [1.29, 1.82) is 0 Å². The van der Waals surface area contributed by atoms with E-state index in [1.807, 2.05) is 53.4 Å². The number of carbonyl (C=O) groups excluding carboxylic acids is 2. The molecule has 2 aliphatic rings. The second-order valence-corrected chi connectivity index (χ2v) is 10.6. The lowest BCUT2D eigenvalue weighted by molar-refractivity contribution is -0.114. The van der Waals surface area contributed by atoms with E-state index >= 15 is 0 Å². The quantitative estimate of drug-likeness (QED) is 0.438. The van der Waals surface area contributed by atoms with Gasteiger partial charge in [-0.1, -0.05) is 36.0 Å². The third kappa shape index (κ3) is 5.09. The van der Waals surface area contributed by atoms with Gasteiger partial charge in [-0.05, 0) is 73.0 Å². The van der Waals surface area contributed by atoms with E-state index in [1.54, 1.807) is 19.1 Å². The molecule has 6 nitrogen and oxygen atoms in total. The number of likely N-dealkylation sites (N-methyl/N-ethyl adjacent to an activating group) is 1. The van der Waals surface area contributed by atoms with Gasteiger partial charge in [-0.3, -0.25) is 9.59 Å². The Bertz CT molecular complexity index is 1390. The number of benzene rings is 3. The SMILES string of the molecule is COc1cccc(/C=C2\Sc3ccc(C(=O)N4CCN(c5cc(C)ccc5C)CC4)cc3N(C)C2=O)c1. The fourth-order valence-electron chi connectivity index (χ4n) is 4.80. The van der Waals surface area contributed by atoms with Gasteiger partial charge in [0.2, 0.25) is 0 Å². The first kappa shape index (κ1) is 25.0. The zero-order valence-corrected chi connectivity index (χ0v) is 22.5. The molecule has 1 saturated heterocycles. The van der Waals surface area contributed by atoms with Gasteiger partial charge in [0.1, 0.15) is 5.75 Å². The Balaban J connectivity index is 1.31. The molecule has 0 atom stereocenters. The number of amides is 2. The van der Waals surface area contributed by atoms with Crippen LogP contribution in [0.3, 0.4) is 0 Å². The summed E-state index contributed by atoms with van der Waals surface area (Å²) in [6.07, 6.45) is 1.88. The maximum atomic E-state index is 13.4. The minimum atomic E-state index is -0.0907. The summed E-state index contributed by atoms with van der Waals surface area (Å²) in [5.74, 6) is 0.661. The van der Waals surface area contributed by atoms with Crippen LogP contribution in [0.25, 0.3) is 6.08 Å². The van der Waals surface area contributed by atoms with Crippen LogP contribution in [-0.4, -0.2) is 57.1 Å². The number of fused-ring (bicyclic) bond motifs is 1. The van der Waals surface area contributed by atoms with E-state index in [0.29, 0.717) is 23.6 Å². The minimum Gasteiger partial charge on any atom is -0.497 e. The molecule has 37 heavy (non-hydrogen) atoms. The molecule has 0 bridgehead atoms. The third-order valence-electron chi connectivity index (χ3n) is 6.97. The fraction of sp³-hybridized carbons (Fsp3) is 0.267.